The van der Waals surface area contributed by atoms with Crippen LogP contribution in [0.2, 0.25) is 5.02 Å². The molecule has 0 bridgehead atoms. The molecule has 0 saturated carbocycles. The van der Waals surface area contributed by atoms with Gasteiger partial charge in [-0.3, -0.25) is 4.79 Å². The fourth-order valence-corrected chi connectivity index (χ4v) is 1.38. The second-order valence-corrected chi connectivity index (χ2v) is 3.89. The van der Waals surface area contributed by atoms with Gasteiger partial charge in [-0.1, -0.05) is 11.6 Å². The van der Waals surface area contributed by atoms with Gasteiger partial charge >= 0.3 is 0 Å². The van der Waals surface area contributed by atoms with E-state index in [1.807, 2.05) is 6.92 Å². The van der Waals surface area contributed by atoms with Gasteiger partial charge < -0.3 is 15.8 Å². The predicted molar refractivity (Wildman–Crippen MR) is 64.0 cm³/mol. The molecule has 0 aromatic heterocycles. The molecule has 0 aliphatic rings. The Bertz CT molecular complexity index is 382. The summed E-state index contributed by atoms with van der Waals surface area (Å²) >= 11 is 5.80. The second-order valence-electron chi connectivity index (χ2n) is 3.45. The monoisotopic (exact) mass is 242 g/mol. The first-order valence-corrected chi connectivity index (χ1v) is 5.30. The Morgan fingerprint density at radius 1 is 1.62 bits per heavy atom. The number of rotatable bonds is 4. The summed E-state index contributed by atoms with van der Waals surface area (Å²) in [6, 6.07) is 4.79. The number of carbonyl (C=O) groups excluding carboxylic acids is 1. The van der Waals surface area contributed by atoms with Gasteiger partial charge in [-0.25, -0.2) is 0 Å². The van der Waals surface area contributed by atoms with Crippen molar-refractivity contribution in [2.45, 2.75) is 13.0 Å². The Kier molecular flexibility index (Phi) is 4.58. The van der Waals surface area contributed by atoms with E-state index in [1.54, 1.807) is 18.2 Å². The minimum atomic E-state index is -0.216. The van der Waals surface area contributed by atoms with Crippen LogP contribution in [-0.4, -0.2) is 25.6 Å². The molecule has 0 saturated heterocycles. The van der Waals surface area contributed by atoms with Gasteiger partial charge in [-0.15, -0.1) is 0 Å². The second kappa shape index (κ2) is 5.72. The summed E-state index contributed by atoms with van der Waals surface area (Å²) in [5.74, 6) is 0.237. The number of hydrogen-bond donors (Lipinski definition) is 2. The first kappa shape index (κ1) is 12.8. The third-order valence-electron chi connectivity index (χ3n) is 2.14. The molecule has 5 heteroatoms. The zero-order valence-electron chi connectivity index (χ0n) is 9.29. The third-order valence-corrected chi connectivity index (χ3v) is 2.37. The molecule has 0 aliphatic carbocycles. The molecule has 16 heavy (non-hydrogen) atoms. The summed E-state index contributed by atoms with van der Waals surface area (Å²) in [6.45, 7) is 2.22. The Morgan fingerprint density at radius 3 is 2.88 bits per heavy atom. The molecule has 0 fully saturated rings. The molecule has 0 heterocycles. The molecule has 1 amide bonds. The third kappa shape index (κ3) is 3.12. The predicted octanol–water partition coefficient (Wildman–Crippen LogP) is 1.43. The first-order chi connectivity index (χ1) is 7.58. The average molecular weight is 243 g/mol. The smallest absolute Gasteiger partial charge is 0.255 e. The molecule has 3 N–H and O–H groups in total. The average Bonchev–Trinajstić information content (AvgIpc) is 2.28. The van der Waals surface area contributed by atoms with Gasteiger partial charge in [0.15, 0.2) is 0 Å². The lowest BCUT2D eigenvalue weighted by Gasteiger charge is -2.13. The Hall–Kier alpha value is -1.26. The largest absolute Gasteiger partial charge is 0.496 e. The highest BCUT2D eigenvalue weighted by molar-refractivity contribution is 6.30. The van der Waals surface area contributed by atoms with E-state index in [0.29, 0.717) is 22.9 Å². The molecular weight excluding hydrogens is 228 g/mol. The molecule has 1 aromatic rings. The van der Waals surface area contributed by atoms with E-state index in [9.17, 15) is 4.79 Å². The van der Waals surface area contributed by atoms with Crippen molar-refractivity contribution in [2.24, 2.45) is 5.73 Å². The molecular formula is C11H15ClN2O2. The van der Waals surface area contributed by atoms with Crippen LogP contribution in [0.4, 0.5) is 0 Å². The summed E-state index contributed by atoms with van der Waals surface area (Å²) in [5, 5.41) is 3.28. The minimum absolute atomic E-state index is 0.0760. The van der Waals surface area contributed by atoms with Crippen LogP contribution in [0.25, 0.3) is 0 Å². The maximum atomic E-state index is 11.8. The van der Waals surface area contributed by atoms with E-state index in [0.717, 1.165) is 0 Å². The number of carbonyl (C=O) groups is 1. The topological polar surface area (TPSA) is 64.3 Å². The van der Waals surface area contributed by atoms with Gasteiger partial charge in [0.25, 0.3) is 5.91 Å². The van der Waals surface area contributed by atoms with Crippen LogP contribution in [-0.2, 0) is 0 Å². The van der Waals surface area contributed by atoms with Crippen molar-refractivity contribution < 1.29 is 9.53 Å². The van der Waals surface area contributed by atoms with E-state index >= 15 is 0 Å². The Labute approximate surface area is 99.7 Å². The summed E-state index contributed by atoms with van der Waals surface area (Å²) in [5.41, 5.74) is 5.88. The molecule has 0 spiro atoms. The number of hydrogen-bond acceptors (Lipinski definition) is 3. The van der Waals surface area contributed by atoms with Crippen molar-refractivity contribution in [3.8, 4) is 5.75 Å². The summed E-state index contributed by atoms with van der Waals surface area (Å²) in [6.07, 6.45) is 0. The summed E-state index contributed by atoms with van der Waals surface area (Å²) in [4.78, 5) is 11.8. The normalized spacial score (nSPS) is 12.0. The van der Waals surface area contributed by atoms with Crippen LogP contribution >= 0.6 is 11.6 Å². The number of halogens is 1. The summed E-state index contributed by atoms with van der Waals surface area (Å²) in [7, 11) is 1.49. The number of methoxy groups -OCH3 is 1. The summed E-state index contributed by atoms with van der Waals surface area (Å²) < 4.78 is 5.09. The lowest BCUT2D eigenvalue weighted by atomic mass is 10.1. The minimum Gasteiger partial charge on any atom is -0.496 e. The van der Waals surface area contributed by atoms with Crippen LogP contribution in [0.1, 0.15) is 17.3 Å². The van der Waals surface area contributed by atoms with Crippen molar-refractivity contribution in [3.05, 3.63) is 28.8 Å². The zero-order valence-corrected chi connectivity index (χ0v) is 10.0. The Morgan fingerprint density at radius 2 is 2.31 bits per heavy atom. The van der Waals surface area contributed by atoms with Crippen molar-refractivity contribution in [2.75, 3.05) is 13.7 Å². The fourth-order valence-electron chi connectivity index (χ4n) is 1.21. The first-order valence-electron chi connectivity index (χ1n) is 4.93. The maximum absolute atomic E-state index is 11.8. The van der Waals surface area contributed by atoms with Crippen molar-refractivity contribution >= 4 is 17.5 Å². The molecule has 0 unspecified atom stereocenters. The molecule has 1 aromatic carbocycles. The SMILES string of the molecule is COc1cc(Cl)ccc1C(=O)N[C@@H](C)CN. The lowest BCUT2D eigenvalue weighted by Crippen LogP contribution is -2.37. The van der Waals surface area contributed by atoms with Crippen LogP contribution in [0.5, 0.6) is 5.75 Å². The molecule has 1 rings (SSSR count). The van der Waals surface area contributed by atoms with Crippen LogP contribution in [0.15, 0.2) is 18.2 Å². The van der Waals surface area contributed by atoms with Gasteiger partial charge in [-0.05, 0) is 25.1 Å². The molecule has 88 valence electrons. The highest BCUT2D eigenvalue weighted by Crippen LogP contribution is 2.22. The van der Waals surface area contributed by atoms with E-state index < -0.39 is 0 Å². The van der Waals surface area contributed by atoms with Crippen molar-refractivity contribution in [3.63, 3.8) is 0 Å². The van der Waals surface area contributed by atoms with E-state index in [4.69, 9.17) is 22.1 Å². The van der Waals surface area contributed by atoms with Crippen LogP contribution in [0, 0.1) is 0 Å². The van der Waals surface area contributed by atoms with Gasteiger partial charge in [0.2, 0.25) is 0 Å². The maximum Gasteiger partial charge on any atom is 0.255 e. The Balaban J connectivity index is 2.90. The highest BCUT2D eigenvalue weighted by Gasteiger charge is 2.13. The molecule has 0 radical (unpaired) electrons. The number of amides is 1. The quantitative estimate of drug-likeness (QED) is 0.840. The van der Waals surface area contributed by atoms with E-state index in [-0.39, 0.29) is 11.9 Å². The molecule has 4 nitrogen and oxygen atoms in total. The van der Waals surface area contributed by atoms with Crippen molar-refractivity contribution in [1.82, 2.24) is 5.32 Å². The van der Waals surface area contributed by atoms with Crippen LogP contribution < -0.4 is 15.8 Å². The lowest BCUT2D eigenvalue weighted by molar-refractivity contribution is 0.0938. The fraction of sp³-hybridized carbons (Fsp3) is 0.364. The molecule has 1 atom stereocenters. The number of nitrogens with two attached hydrogens (primary N) is 1. The van der Waals surface area contributed by atoms with Gasteiger partial charge in [0.05, 0.1) is 12.7 Å². The highest BCUT2D eigenvalue weighted by atomic mass is 35.5. The standard InChI is InChI=1S/C11H15ClN2O2/c1-7(6-13)14-11(15)9-4-3-8(12)5-10(9)16-2/h3-5,7H,6,13H2,1-2H3,(H,14,15)/t7-/m0/s1. The zero-order chi connectivity index (χ0) is 12.1. The van der Waals surface area contributed by atoms with Gasteiger partial charge in [0.1, 0.15) is 5.75 Å². The van der Waals surface area contributed by atoms with Gasteiger partial charge in [0, 0.05) is 17.6 Å². The number of ether oxygens (including phenoxy) is 1. The molecule has 0 aliphatic heterocycles. The van der Waals surface area contributed by atoms with E-state index in [1.165, 1.54) is 7.11 Å². The van der Waals surface area contributed by atoms with Crippen LogP contribution in [0.3, 0.4) is 0 Å². The number of benzene rings is 1. The van der Waals surface area contributed by atoms with E-state index in [2.05, 4.69) is 5.32 Å². The van der Waals surface area contributed by atoms with Gasteiger partial charge in [-0.2, -0.15) is 0 Å². The number of nitrogens with one attached hydrogen (secondary N) is 1. The van der Waals surface area contributed by atoms with Crippen molar-refractivity contribution in [1.29, 1.82) is 0 Å².